The van der Waals surface area contributed by atoms with Crippen LogP contribution in [0.1, 0.15) is 47.0 Å². The number of nitrogens with one attached hydrogen (secondary N) is 2. The van der Waals surface area contributed by atoms with Crippen LogP contribution in [0.15, 0.2) is 0 Å². The van der Waals surface area contributed by atoms with Crippen molar-refractivity contribution < 1.29 is 4.74 Å². The van der Waals surface area contributed by atoms with Gasteiger partial charge in [-0.25, -0.2) is 0 Å². The molecule has 0 saturated carbocycles. The summed E-state index contributed by atoms with van der Waals surface area (Å²) in [4.78, 5) is 12.8. The van der Waals surface area contributed by atoms with Crippen LogP contribution in [0.2, 0.25) is 0 Å². The van der Waals surface area contributed by atoms with Crippen molar-refractivity contribution in [3.8, 4) is 6.01 Å². The molecule has 108 valence electrons. The maximum absolute atomic E-state index is 5.35. The Bertz CT molecular complexity index is 348. The summed E-state index contributed by atoms with van der Waals surface area (Å²) in [5.41, 5.74) is 0. The topological polar surface area (TPSA) is 72.0 Å². The standard InChI is InChI=1S/C13H25N5O/c1-5-8-9-10(4)15-12-16-11(14-6-2)17-13(18-12)19-7-3/h10H,5-9H2,1-4H3,(H2,14,15,16,17,18). The molecule has 0 spiro atoms. The molecule has 0 aromatic carbocycles. The third kappa shape index (κ3) is 5.72. The van der Waals surface area contributed by atoms with Crippen molar-refractivity contribution in [2.75, 3.05) is 23.8 Å². The number of nitrogens with zero attached hydrogens (tertiary/aromatic N) is 3. The Morgan fingerprint density at radius 3 is 2.47 bits per heavy atom. The lowest BCUT2D eigenvalue weighted by Gasteiger charge is -2.14. The Kier molecular flexibility index (Phi) is 6.92. The molecule has 0 amide bonds. The van der Waals surface area contributed by atoms with Crippen LogP contribution < -0.4 is 15.4 Å². The summed E-state index contributed by atoms with van der Waals surface area (Å²) in [6.45, 7) is 9.54. The molecule has 1 unspecified atom stereocenters. The van der Waals surface area contributed by atoms with Gasteiger partial charge in [0, 0.05) is 12.6 Å². The predicted octanol–water partition coefficient (Wildman–Crippen LogP) is 2.69. The Morgan fingerprint density at radius 2 is 1.84 bits per heavy atom. The number of hydrogen-bond acceptors (Lipinski definition) is 6. The number of hydrogen-bond donors (Lipinski definition) is 2. The van der Waals surface area contributed by atoms with Crippen molar-refractivity contribution in [1.82, 2.24) is 15.0 Å². The molecule has 1 aromatic heterocycles. The molecule has 1 rings (SSSR count). The SMILES string of the molecule is CCCCC(C)Nc1nc(NCC)nc(OCC)n1. The van der Waals surface area contributed by atoms with Gasteiger partial charge in [0.1, 0.15) is 0 Å². The van der Waals surface area contributed by atoms with Gasteiger partial charge in [-0.1, -0.05) is 19.8 Å². The summed E-state index contributed by atoms with van der Waals surface area (Å²) in [6.07, 6.45) is 3.48. The summed E-state index contributed by atoms with van der Waals surface area (Å²) in [5.74, 6) is 1.11. The van der Waals surface area contributed by atoms with E-state index in [1.165, 1.54) is 12.8 Å². The molecule has 1 atom stereocenters. The van der Waals surface area contributed by atoms with Crippen molar-refractivity contribution in [1.29, 1.82) is 0 Å². The number of anilines is 2. The molecular weight excluding hydrogens is 242 g/mol. The molecule has 0 saturated heterocycles. The number of rotatable bonds is 9. The van der Waals surface area contributed by atoms with E-state index in [1.807, 2.05) is 13.8 Å². The van der Waals surface area contributed by atoms with Gasteiger partial charge in [0.05, 0.1) is 6.61 Å². The molecule has 6 nitrogen and oxygen atoms in total. The van der Waals surface area contributed by atoms with E-state index in [0.29, 0.717) is 30.6 Å². The first-order valence-electron chi connectivity index (χ1n) is 7.08. The fourth-order valence-corrected chi connectivity index (χ4v) is 1.65. The molecule has 19 heavy (non-hydrogen) atoms. The molecule has 0 aliphatic rings. The minimum absolute atomic E-state index is 0.339. The Hall–Kier alpha value is -1.59. The fraction of sp³-hybridized carbons (Fsp3) is 0.769. The quantitative estimate of drug-likeness (QED) is 0.716. The van der Waals surface area contributed by atoms with Gasteiger partial charge in [-0.05, 0) is 27.2 Å². The van der Waals surface area contributed by atoms with Gasteiger partial charge in [0.25, 0.3) is 0 Å². The van der Waals surface area contributed by atoms with Crippen LogP contribution in [0, 0.1) is 0 Å². The predicted molar refractivity (Wildman–Crippen MR) is 77.8 cm³/mol. The molecule has 0 fully saturated rings. The zero-order valence-electron chi connectivity index (χ0n) is 12.4. The van der Waals surface area contributed by atoms with Crippen molar-refractivity contribution in [3.63, 3.8) is 0 Å². The highest BCUT2D eigenvalue weighted by Gasteiger charge is 2.09. The minimum atomic E-state index is 0.339. The van der Waals surface area contributed by atoms with E-state index in [-0.39, 0.29) is 0 Å². The summed E-state index contributed by atoms with van der Waals surface area (Å²) < 4.78 is 5.35. The first kappa shape index (κ1) is 15.5. The summed E-state index contributed by atoms with van der Waals surface area (Å²) in [5, 5.41) is 6.37. The van der Waals surface area contributed by atoms with Crippen LogP contribution in [0.3, 0.4) is 0 Å². The molecule has 0 aliphatic carbocycles. The largest absolute Gasteiger partial charge is 0.464 e. The third-order valence-electron chi connectivity index (χ3n) is 2.59. The Morgan fingerprint density at radius 1 is 1.11 bits per heavy atom. The van der Waals surface area contributed by atoms with Crippen molar-refractivity contribution in [2.24, 2.45) is 0 Å². The van der Waals surface area contributed by atoms with E-state index in [1.54, 1.807) is 0 Å². The van der Waals surface area contributed by atoms with Crippen molar-refractivity contribution in [3.05, 3.63) is 0 Å². The minimum Gasteiger partial charge on any atom is -0.464 e. The zero-order valence-corrected chi connectivity index (χ0v) is 12.4. The zero-order chi connectivity index (χ0) is 14.1. The summed E-state index contributed by atoms with van der Waals surface area (Å²) in [6, 6.07) is 0.699. The van der Waals surface area contributed by atoms with Gasteiger partial charge < -0.3 is 15.4 Å². The van der Waals surface area contributed by atoms with E-state index in [9.17, 15) is 0 Å². The van der Waals surface area contributed by atoms with Gasteiger partial charge in [0.15, 0.2) is 0 Å². The van der Waals surface area contributed by atoms with Gasteiger partial charge in [-0.15, -0.1) is 0 Å². The smallest absolute Gasteiger partial charge is 0.323 e. The molecule has 0 bridgehead atoms. The molecule has 6 heteroatoms. The van der Waals surface area contributed by atoms with Crippen LogP contribution >= 0.6 is 0 Å². The normalized spacial score (nSPS) is 12.0. The first-order chi connectivity index (χ1) is 9.19. The lowest BCUT2D eigenvalue weighted by atomic mass is 10.1. The van der Waals surface area contributed by atoms with Gasteiger partial charge in [0.2, 0.25) is 11.9 Å². The lowest BCUT2D eigenvalue weighted by molar-refractivity contribution is 0.312. The fourth-order valence-electron chi connectivity index (χ4n) is 1.65. The van der Waals surface area contributed by atoms with Gasteiger partial charge in [-0.3, -0.25) is 0 Å². The van der Waals surface area contributed by atoms with E-state index >= 15 is 0 Å². The van der Waals surface area contributed by atoms with Crippen LogP contribution in [-0.4, -0.2) is 34.1 Å². The van der Waals surface area contributed by atoms with Crippen LogP contribution in [-0.2, 0) is 0 Å². The van der Waals surface area contributed by atoms with E-state index < -0.39 is 0 Å². The first-order valence-corrected chi connectivity index (χ1v) is 7.08. The molecule has 2 N–H and O–H groups in total. The molecule has 0 radical (unpaired) electrons. The maximum atomic E-state index is 5.35. The number of unbranched alkanes of at least 4 members (excludes halogenated alkanes) is 1. The summed E-state index contributed by atoms with van der Waals surface area (Å²) in [7, 11) is 0. The van der Waals surface area contributed by atoms with Crippen LogP contribution in [0.5, 0.6) is 6.01 Å². The maximum Gasteiger partial charge on any atom is 0.323 e. The number of aromatic nitrogens is 3. The highest BCUT2D eigenvalue weighted by molar-refractivity contribution is 5.36. The van der Waals surface area contributed by atoms with E-state index in [2.05, 4.69) is 39.4 Å². The van der Waals surface area contributed by atoms with E-state index in [0.717, 1.165) is 13.0 Å². The Balaban J connectivity index is 2.74. The second-order valence-corrected chi connectivity index (χ2v) is 4.42. The highest BCUT2D eigenvalue weighted by atomic mass is 16.5. The number of ether oxygens (including phenoxy) is 1. The molecule has 1 heterocycles. The second-order valence-electron chi connectivity index (χ2n) is 4.42. The van der Waals surface area contributed by atoms with Crippen LogP contribution in [0.4, 0.5) is 11.9 Å². The van der Waals surface area contributed by atoms with Crippen molar-refractivity contribution in [2.45, 2.75) is 53.0 Å². The molecule has 1 aromatic rings. The summed E-state index contributed by atoms with van der Waals surface area (Å²) >= 11 is 0. The monoisotopic (exact) mass is 267 g/mol. The highest BCUT2D eigenvalue weighted by Crippen LogP contribution is 2.13. The van der Waals surface area contributed by atoms with Gasteiger partial charge in [-0.2, -0.15) is 15.0 Å². The van der Waals surface area contributed by atoms with Crippen LogP contribution in [0.25, 0.3) is 0 Å². The van der Waals surface area contributed by atoms with E-state index in [4.69, 9.17) is 4.74 Å². The van der Waals surface area contributed by atoms with Crippen molar-refractivity contribution >= 4 is 11.9 Å². The average molecular weight is 267 g/mol. The molecule has 0 aliphatic heterocycles. The second kappa shape index (κ2) is 8.50. The molecular formula is C13H25N5O. The third-order valence-corrected chi connectivity index (χ3v) is 2.59. The van der Waals surface area contributed by atoms with Gasteiger partial charge >= 0.3 is 6.01 Å². The Labute approximate surface area is 115 Å². The lowest BCUT2D eigenvalue weighted by Crippen LogP contribution is -2.18. The average Bonchev–Trinajstić information content (AvgIpc) is 2.37.